The number of hydrogen-bond acceptors (Lipinski definition) is 17. The van der Waals surface area contributed by atoms with Crippen LogP contribution < -0.4 is 16.0 Å². The Balaban J connectivity index is 1.24. The molecule has 0 aromatic carbocycles. The predicted molar refractivity (Wildman–Crippen MR) is 174 cm³/mol. The number of rotatable bonds is 18. The maximum atomic E-state index is 12.5. The van der Waals surface area contributed by atoms with Gasteiger partial charge in [-0.1, -0.05) is 38.5 Å². The van der Waals surface area contributed by atoms with Crippen molar-refractivity contribution in [3.05, 3.63) is 0 Å². The zero-order valence-corrected chi connectivity index (χ0v) is 28.5. The minimum absolute atomic E-state index is 0.139. The fraction of sp³-hybridized carbons (Fsp3) is 0.933. The second-order valence-electron chi connectivity index (χ2n) is 12.9. The van der Waals surface area contributed by atoms with Crippen molar-refractivity contribution in [3.63, 3.8) is 0 Å². The van der Waals surface area contributed by atoms with Crippen LogP contribution in [0.4, 0.5) is 0 Å². The van der Waals surface area contributed by atoms with E-state index < -0.39 is 118 Å². The molecule has 3 aliphatic heterocycles. The summed E-state index contributed by atoms with van der Waals surface area (Å²) in [6, 6.07) is 0. The standard InChI is InChI=1S/C30H55N3O16S/c34-11-14-18(38)20(40)23(43)28(46-14)33-30(50)31-10-8-6-4-2-1-3-5-7-9-17(37)32-27-24(44)22(42)26(16(13-36)47-27)49-29-25(45)21(41)19(39)15(12-35)48-29/h14-16,18-29,34-36,38-45H,1-13H2,(H,32,37)(H2,31,33,50)/t14-,15-,16-,18+,19+,20+,21+,22-,23-,24-,25-,26-,27-,28-,29+/m1/s1. The third-order valence-corrected chi connectivity index (χ3v) is 9.35. The van der Waals surface area contributed by atoms with Crippen LogP contribution in [0.2, 0.25) is 0 Å². The Labute approximate surface area is 295 Å². The zero-order valence-electron chi connectivity index (χ0n) is 27.7. The van der Waals surface area contributed by atoms with E-state index in [1.165, 1.54) is 0 Å². The fourth-order valence-electron chi connectivity index (χ4n) is 6.01. The highest BCUT2D eigenvalue weighted by Crippen LogP contribution is 2.29. The van der Waals surface area contributed by atoms with Crippen LogP contribution in [-0.2, 0) is 23.7 Å². The van der Waals surface area contributed by atoms with Gasteiger partial charge in [-0.25, -0.2) is 0 Å². The molecule has 0 aromatic rings. The maximum Gasteiger partial charge on any atom is 0.222 e. The van der Waals surface area contributed by atoms with E-state index in [0.29, 0.717) is 13.0 Å². The van der Waals surface area contributed by atoms with Crippen molar-refractivity contribution in [2.75, 3.05) is 26.4 Å². The summed E-state index contributed by atoms with van der Waals surface area (Å²) in [7, 11) is 0. The minimum atomic E-state index is -1.78. The largest absolute Gasteiger partial charge is 0.394 e. The average molecular weight is 746 g/mol. The summed E-state index contributed by atoms with van der Waals surface area (Å²) < 4.78 is 21.7. The molecule has 0 saturated carbocycles. The normalized spacial score (nSPS) is 39.1. The molecule has 50 heavy (non-hydrogen) atoms. The van der Waals surface area contributed by atoms with Crippen LogP contribution in [0.1, 0.15) is 57.8 Å². The Bertz CT molecular complexity index is 1020. The summed E-state index contributed by atoms with van der Waals surface area (Å²) >= 11 is 5.20. The molecule has 0 bridgehead atoms. The SMILES string of the molecule is O=C(CCCCCCCCCCNC(=S)N[C@@H]1O[C@H](CO)[C@H](O)[C@H](O)[C@H]1O)N[C@@H]1O[C@H](CO)[C@@H](O[C@@H]2O[C@H](CO)[C@H](O)[C@H](O)[C@H]2O)[C@H](O)[C@H]1O. The van der Waals surface area contributed by atoms with Gasteiger partial charge in [-0.2, -0.15) is 0 Å². The molecule has 292 valence electrons. The van der Waals surface area contributed by atoms with Crippen LogP contribution in [-0.4, -0.2) is 186 Å². The number of thiocarbonyl (C=S) groups is 1. The van der Waals surface area contributed by atoms with Gasteiger partial charge in [0.2, 0.25) is 5.91 Å². The highest BCUT2D eigenvalue weighted by molar-refractivity contribution is 7.80. The second kappa shape index (κ2) is 21.3. The predicted octanol–water partition coefficient (Wildman–Crippen LogP) is -5.50. The summed E-state index contributed by atoms with van der Waals surface area (Å²) in [5.74, 6) is -0.433. The number of amides is 1. The van der Waals surface area contributed by atoms with Crippen molar-refractivity contribution < 1.29 is 79.9 Å². The van der Waals surface area contributed by atoms with Crippen LogP contribution in [0.15, 0.2) is 0 Å². The molecule has 0 radical (unpaired) electrons. The molecule has 0 spiro atoms. The van der Waals surface area contributed by atoms with E-state index in [0.717, 1.165) is 44.9 Å². The molecule has 3 rings (SSSR count). The van der Waals surface area contributed by atoms with Crippen LogP contribution in [0.25, 0.3) is 0 Å². The Hall–Kier alpha value is -1.44. The molecular formula is C30H55N3O16S. The lowest BCUT2D eigenvalue weighted by Crippen LogP contribution is -2.66. The van der Waals surface area contributed by atoms with Crippen molar-refractivity contribution in [3.8, 4) is 0 Å². The van der Waals surface area contributed by atoms with Crippen LogP contribution in [0.5, 0.6) is 0 Å². The van der Waals surface area contributed by atoms with Gasteiger partial charge in [0.15, 0.2) is 23.9 Å². The second-order valence-corrected chi connectivity index (χ2v) is 13.3. The molecule has 3 aliphatic rings. The summed E-state index contributed by atoms with van der Waals surface area (Å²) in [5.41, 5.74) is 0. The lowest BCUT2D eigenvalue weighted by Gasteiger charge is -2.46. The monoisotopic (exact) mass is 745 g/mol. The first-order valence-electron chi connectivity index (χ1n) is 17.1. The Morgan fingerprint density at radius 2 is 1.04 bits per heavy atom. The molecule has 0 aliphatic carbocycles. The third kappa shape index (κ3) is 11.8. The topological polar surface area (TPSA) is 313 Å². The summed E-state index contributed by atoms with van der Waals surface area (Å²) in [5, 5.41) is 118. The van der Waals surface area contributed by atoms with E-state index in [-0.39, 0.29) is 11.5 Å². The first-order chi connectivity index (χ1) is 23.8. The van der Waals surface area contributed by atoms with Gasteiger partial charge in [-0.3, -0.25) is 4.79 Å². The number of unbranched alkanes of at least 4 members (excludes halogenated alkanes) is 7. The van der Waals surface area contributed by atoms with Gasteiger partial charge >= 0.3 is 0 Å². The smallest absolute Gasteiger partial charge is 0.222 e. The fourth-order valence-corrected chi connectivity index (χ4v) is 6.23. The first-order valence-corrected chi connectivity index (χ1v) is 17.5. The number of ether oxygens (including phenoxy) is 4. The summed E-state index contributed by atoms with van der Waals surface area (Å²) in [6.45, 7) is -1.37. The van der Waals surface area contributed by atoms with Crippen LogP contribution >= 0.6 is 12.2 Å². The third-order valence-electron chi connectivity index (χ3n) is 9.09. The van der Waals surface area contributed by atoms with Gasteiger partial charge in [0.05, 0.1) is 19.8 Å². The van der Waals surface area contributed by atoms with Gasteiger partial charge in [-0.15, -0.1) is 0 Å². The summed E-state index contributed by atoms with van der Waals surface area (Å²) in [4.78, 5) is 12.5. The number of carbonyl (C=O) groups excluding carboxylic acids is 1. The quantitative estimate of drug-likeness (QED) is 0.0460. The molecular weight excluding hydrogens is 690 g/mol. The van der Waals surface area contributed by atoms with Gasteiger partial charge in [0.1, 0.15) is 73.2 Å². The van der Waals surface area contributed by atoms with Gasteiger partial charge in [-0.05, 0) is 25.1 Å². The van der Waals surface area contributed by atoms with Crippen molar-refractivity contribution in [1.82, 2.24) is 16.0 Å². The molecule has 1 amide bonds. The Kier molecular flexibility index (Phi) is 18.3. The molecule has 19 nitrogen and oxygen atoms in total. The number of nitrogens with one attached hydrogen (secondary N) is 3. The lowest BCUT2D eigenvalue weighted by molar-refractivity contribution is -0.343. The highest BCUT2D eigenvalue weighted by Gasteiger charge is 2.50. The van der Waals surface area contributed by atoms with E-state index in [2.05, 4.69) is 16.0 Å². The van der Waals surface area contributed by atoms with Gasteiger partial charge in [0.25, 0.3) is 0 Å². The van der Waals surface area contributed by atoms with Crippen molar-refractivity contribution in [1.29, 1.82) is 0 Å². The van der Waals surface area contributed by atoms with E-state index in [9.17, 15) is 61.0 Å². The zero-order chi connectivity index (χ0) is 37.0. The van der Waals surface area contributed by atoms with Crippen LogP contribution in [0.3, 0.4) is 0 Å². The highest BCUT2D eigenvalue weighted by atomic mass is 32.1. The van der Waals surface area contributed by atoms with Crippen molar-refractivity contribution in [2.24, 2.45) is 0 Å². The maximum absolute atomic E-state index is 12.5. The van der Waals surface area contributed by atoms with Crippen LogP contribution in [0, 0.1) is 0 Å². The number of carbonyl (C=O) groups is 1. The average Bonchev–Trinajstić information content (AvgIpc) is 3.10. The molecule has 15 atom stereocenters. The molecule has 20 heteroatoms. The lowest BCUT2D eigenvalue weighted by atomic mass is 9.96. The van der Waals surface area contributed by atoms with Gasteiger partial charge < -0.3 is 91.1 Å². The molecule has 0 aromatic heterocycles. The van der Waals surface area contributed by atoms with E-state index >= 15 is 0 Å². The molecule has 14 N–H and O–H groups in total. The molecule has 0 unspecified atom stereocenters. The Morgan fingerprint density at radius 3 is 1.64 bits per heavy atom. The number of aliphatic hydroxyl groups excluding tert-OH is 11. The Morgan fingerprint density at radius 1 is 0.560 bits per heavy atom. The molecule has 3 fully saturated rings. The van der Waals surface area contributed by atoms with Crippen molar-refractivity contribution >= 4 is 23.2 Å². The first kappa shape index (κ1) is 43.0. The van der Waals surface area contributed by atoms with E-state index in [1.807, 2.05) is 0 Å². The number of aliphatic hydroxyl groups is 11. The van der Waals surface area contributed by atoms with Crippen molar-refractivity contribution in [2.45, 2.75) is 150 Å². The molecule has 3 saturated heterocycles. The van der Waals surface area contributed by atoms with E-state index in [1.54, 1.807) is 0 Å². The summed E-state index contributed by atoms with van der Waals surface area (Å²) in [6.07, 6.45) is -14.9. The minimum Gasteiger partial charge on any atom is -0.394 e. The van der Waals surface area contributed by atoms with Gasteiger partial charge in [0, 0.05) is 13.0 Å². The molecule has 3 heterocycles. The van der Waals surface area contributed by atoms with E-state index in [4.69, 9.17) is 31.2 Å². The number of hydrogen-bond donors (Lipinski definition) is 14.